The maximum atomic E-state index is 11.2. The average molecular weight is 222 g/mol. The highest BCUT2D eigenvalue weighted by Crippen LogP contribution is 2.42. The maximum absolute atomic E-state index is 11.2. The van der Waals surface area contributed by atoms with Gasteiger partial charge >= 0.3 is 0 Å². The van der Waals surface area contributed by atoms with E-state index in [0.717, 1.165) is 37.4 Å². The summed E-state index contributed by atoms with van der Waals surface area (Å²) < 4.78 is 0. The molecule has 2 aliphatic carbocycles. The summed E-state index contributed by atoms with van der Waals surface area (Å²) in [5, 5.41) is 6.22. The van der Waals surface area contributed by atoms with Gasteiger partial charge in [0.25, 0.3) is 0 Å². The van der Waals surface area contributed by atoms with E-state index in [1.165, 1.54) is 12.8 Å². The average Bonchev–Trinajstić information content (AvgIpc) is 2.86. The zero-order valence-electron chi connectivity index (χ0n) is 10.0. The Balaban J connectivity index is 1.55. The Kier molecular flexibility index (Phi) is 3.99. The molecule has 0 aromatic rings. The lowest BCUT2D eigenvalue weighted by atomic mass is 9.94. The highest BCUT2D eigenvalue weighted by Gasteiger charge is 2.34. The molecule has 2 aliphatic rings. The molecule has 1 saturated carbocycles. The SMILES string of the molecule is CCNC(=O)CCNCC1CC2C=CC1C2. The van der Waals surface area contributed by atoms with E-state index in [0.29, 0.717) is 6.42 Å². The molecule has 0 aromatic carbocycles. The van der Waals surface area contributed by atoms with E-state index in [1.807, 2.05) is 6.92 Å². The standard InChI is InChI=1S/C13H22N2O/c1-2-15-13(16)5-6-14-9-12-8-10-3-4-11(12)7-10/h3-4,10-12,14H,2,5-9H2,1H3,(H,15,16). The van der Waals surface area contributed by atoms with Gasteiger partial charge < -0.3 is 10.6 Å². The summed E-state index contributed by atoms with van der Waals surface area (Å²) in [6.07, 6.45) is 8.06. The molecular weight excluding hydrogens is 200 g/mol. The Morgan fingerprint density at radius 3 is 2.88 bits per heavy atom. The van der Waals surface area contributed by atoms with Crippen LogP contribution in [0.2, 0.25) is 0 Å². The third kappa shape index (κ3) is 2.85. The van der Waals surface area contributed by atoms with Crippen LogP contribution in [0.5, 0.6) is 0 Å². The third-order valence-electron chi connectivity index (χ3n) is 3.73. The van der Waals surface area contributed by atoms with Gasteiger partial charge in [-0.3, -0.25) is 4.79 Å². The fourth-order valence-electron chi connectivity index (χ4n) is 2.90. The molecule has 0 saturated heterocycles. The first kappa shape index (κ1) is 11.6. The van der Waals surface area contributed by atoms with Gasteiger partial charge in [-0.25, -0.2) is 0 Å². The molecule has 16 heavy (non-hydrogen) atoms. The Morgan fingerprint density at radius 1 is 1.38 bits per heavy atom. The van der Waals surface area contributed by atoms with Gasteiger partial charge in [-0.2, -0.15) is 0 Å². The van der Waals surface area contributed by atoms with Gasteiger partial charge in [0.1, 0.15) is 0 Å². The second kappa shape index (κ2) is 5.48. The van der Waals surface area contributed by atoms with Gasteiger partial charge in [-0.05, 0) is 44.1 Å². The molecule has 0 aliphatic heterocycles. The third-order valence-corrected chi connectivity index (χ3v) is 3.73. The first-order chi connectivity index (χ1) is 7.79. The van der Waals surface area contributed by atoms with Crippen LogP contribution in [-0.2, 0) is 4.79 Å². The highest BCUT2D eigenvalue weighted by molar-refractivity contribution is 5.75. The van der Waals surface area contributed by atoms with Crippen LogP contribution in [0.15, 0.2) is 12.2 Å². The van der Waals surface area contributed by atoms with E-state index in [1.54, 1.807) is 0 Å². The topological polar surface area (TPSA) is 41.1 Å². The summed E-state index contributed by atoms with van der Waals surface area (Å²) in [6, 6.07) is 0. The summed E-state index contributed by atoms with van der Waals surface area (Å²) in [7, 11) is 0. The summed E-state index contributed by atoms with van der Waals surface area (Å²) >= 11 is 0. The molecule has 0 spiro atoms. The highest BCUT2D eigenvalue weighted by atomic mass is 16.1. The molecule has 0 radical (unpaired) electrons. The Bertz CT molecular complexity index is 275. The molecule has 2 bridgehead atoms. The van der Waals surface area contributed by atoms with E-state index in [-0.39, 0.29) is 5.91 Å². The van der Waals surface area contributed by atoms with Crippen molar-refractivity contribution in [2.45, 2.75) is 26.2 Å². The van der Waals surface area contributed by atoms with Crippen molar-refractivity contribution in [1.82, 2.24) is 10.6 Å². The first-order valence-corrected chi connectivity index (χ1v) is 6.45. The molecule has 0 heterocycles. The van der Waals surface area contributed by atoms with E-state index in [9.17, 15) is 4.79 Å². The van der Waals surface area contributed by atoms with Gasteiger partial charge in [0, 0.05) is 19.5 Å². The Hall–Kier alpha value is -0.830. The van der Waals surface area contributed by atoms with Crippen LogP contribution in [0.25, 0.3) is 0 Å². The van der Waals surface area contributed by atoms with Gasteiger partial charge in [0.15, 0.2) is 0 Å². The Morgan fingerprint density at radius 2 is 2.25 bits per heavy atom. The monoisotopic (exact) mass is 222 g/mol. The number of fused-ring (bicyclic) bond motifs is 2. The number of carbonyl (C=O) groups excluding carboxylic acids is 1. The number of allylic oxidation sites excluding steroid dienone is 2. The molecule has 3 unspecified atom stereocenters. The van der Waals surface area contributed by atoms with Crippen molar-refractivity contribution in [1.29, 1.82) is 0 Å². The van der Waals surface area contributed by atoms with Gasteiger partial charge in [-0.15, -0.1) is 0 Å². The normalized spacial score (nSPS) is 30.9. The van der Waals surface area contributed by atoms with Crippen molar-refractivity contribution in [2.75, 3.05) is 19.6 Å². The van der Waals surface area contributed by atoms with E-state index < -0.39 is 0 Å². The van der Waals surface area contributed by atoms with Crippen LogP contribution in [0.1, 0.15) is 26.2 Å². The van der Waals surface area contributed by atoms with Crippen molar-refractivity contribution >= 4 is 5.91 Å². The number of carbonyl (C=O) groups is 1. The van der Waals surface area contributed by atoms with Crippen molar-refractivity contribution in [2.24, 2.45) is 17.8 Å². The number of amides is 1. The first-order valence-electron chi connectivity index (χ1n) is 6.45. The van der Waals surface area contributed by atoms with Crippen LogP contribution in [-0.4, -0.2) is 25.5 Å². The van der Waals surface area contributed by atoms with E-state index in [2.05, 4.69) is 22.8 Å². The van der Waals surface area contributed by atoms with Gasteiger partial charge in [0.2, 0.25) is 5.91 Å². The van der Waals surface area contributed by atoms with Crippen LogP contribution >= 0.6 is 0 Å². The summed E-state index contributed by atoms with van der Waals surface area (Å²) in [4.78, 5) is 11.2. The molecule has 3 atom stereocenters. The molecule has 3 heteroatoms. The number of hydrogen-bond acceptors (Lipinski definition) is 2. The van der Waals surface area contributed by atoms with Crippen molar-refractivity contribution in [3.05, 3.63) is 12.2 Å². The molecule has 2 rings (SSSR count). The maximum Gasteiger partial charge on any atom is 0.221 e. The lowest BCUT2D eigenvalue weighted by Gasteiger charge is -2.18. The summed E-state index contributed by atoms with van der Waals surface area (Å²) in [5.41, 5.74) is 0. The molecular formula is C13H22N2O. The van der Waals surface area contributed by atoms with Gasteiger partial charge in [0.05, 0.1) is 0 Å². The molecule has 90 valence electrons. The fourth-order valence-corrected chi connectivity index (χ4v) is 2.90. The quantitative estimate of drug-likeness (QED) is 0.525. The predicted octanol–water partition coefficient (Wildman–Crippen LogP) is 1.31. The van der Waals surface area contributed by atoms with Crippen LogP contribution < -0.4 is 10.6 Å². The minimum absolute atomic E-state index is 0.155. The summed E-state index contributed by atoms with van der Waals surface area (Å²) in [5.74, 6) is 2.62. The minimum Gasteiger partial charge on any atom is -0.356 e. The molecule has 0 aromatic heterocycles. The van der Waals surface area contributed by atoms with Crippen molar-refractivity contribution in [3.8, 4) is 0 Å². The number of hydrogen-bond donors (Lipinski definition) is 2. The molecule has 3 nitrogen and oxygen atoms in total. The van der Waals surface area contributed by atoms with Crippen LogP contribution in [0.4, 0.5) is 0 Å². The number of nitrogens with one attached hydrogen (secondary N) is 2. The van der Waals surface area contributed by atoms with Crippen LogP contribution in [0, 0.1) is 17.8 Å². The van der Waals surface area contributed by atoms with Crippen molar-refractivity contribution in [3.63, 3.8) is 0 Å². The lowest BCUT2D eigenvalue weighted by Crippen LogP contribution is -2.30. The lowest BCUT2D eigenvalue weighted by molar-refractivity contribution is -0.120. The van der Waals surface area contributed by atoms with Crippen LogP contribution in [0.3, 0.4) is 0 Å². The molecule has 1 amide bonds. The van der Waals surface area contributed by atoms with Gasteiger partial charge in [-0.1, -0.05) is 12.2 Å². The van der Waals surface area contributed by atoms with E-state index >= 15 is 0 Å². The Labute approximate surface area is 97.7 Å². The predicted molar refractivity (Wildman–Crippen MR) is 65.0 cm³/mol. The zero-order valence-corrected chi connectivity index (χ0v) is 10.0. The fraction of sp³-hybridized carbons (Fsp3) is 0.769. The second-order valence-corrected chi connectivity index (χ2v) is 4.95. The minimum atomic E-state index is 0.155. The summed E-state index contributed by atoms with van der Waals surface area (Å²) in [6.45, 7) is 4.57. The van der Waals surface area contributed by atoms with Crippen molar-refractivity contribution < 1.29 is 4.79 Å². The zero-order chi connectivity index (χ0) is 11.4. The molecule has 2 N–H and O–H groups in total. The largest absolute Gasteiger partial charge is 0.356 e. The molecule has 1 fully saturated rings. The smallest absolute Gasteiger partial charge is 0.221 e. The second-order valence-electron chi connectivity index (χ2n) is 4.95. The number of rotatable bonds is 6. The van der Waals surface area contributed by atoms with E-state index in [4.69, 9.17) is 0 Å².